The highest BCUT2D eigenvalue weighted by Gasteiger charge is 2.15. The van der Waals surface area contributed by atoms with Crippen molar-refractivity contribution in [1.82, 2.24) is 0 Å². The van der Waals surface area contributed by atoms with Gasteiger partial charge in [-0.3, -0.25) is 4.99 Å². The molecule has 1 rings (SSSR count). The number of ether oxygens (including phenoxy) is 1. The van der Waals surface area contributed by atoms with Crippen LogP contribution < -0.4 is 0 Å². The van der Waals surface area contributed by atoms with Crippen LogP contribution in [0, 0.1) is 0 Å². The topological polar surface area (TPSA) is 51.0 Å². The molecule has 0 aliphatic carbocycles. The molecule has 60 valence electrons. The van der Waals surface area contributed by atoms with Gasteiger partial charge in [-0.1, -0.05) is 11.6 Å². The van der Waals surface area contributed by atoms with Gasteiger partial charge in [0, 0.05) is 12.6 Å². The van der Waals surface area contributed by atoms with Crippen molar-refractivity contribution >= 4 is 29.5 Å². The molecule has 0 fully saturated rings. The second-order valence-corrected chi connectivity index (χ2v) is 2.30. The van der Waals surface area contributed by atoms with Crippen LogP contribution in [0.25, 0.3) is 0 Å². The smallest absolute Gasteiger partial charge is 0.352 e. The maximum Gasteiger partial charge on any atom is 0.352 e. The minimum Gasteiger partial charge on any atom is -0.465 e. The van der Waals surface area contributed by atoms with E-state index < -0.39 is 11.6 Å². The van der Waals surface area contributed by atoms with Crippen LogP contribution in [0.5, 0.6) is 0 Å². The van der Waals surface area contributed by atoms with Gasteiger partial charge >= 0.3 is 5.97 Å². The Bertz CT molecular complexity index is 225. The van der Waals surface area contributed by atoms with Crippen LogP contribution in [0.4, 0.5) is 0 Å². The van der Waals surface area contributed by atoms with Gasteiger partial charge in [0.15, 0.2) is 0 Å². The molecule has 1 atom stereocenters. The standard InChI is InChI=1S/C6H7ClN2O2/c1-11-5(10)4-2-3-8-6(7)9-4/h3,6H,2H2,1H3. The molecular formula is C6H7ClN2O2. The lowest BCUT2D eigenvalue weighted by Gasteiger charge is -2.07. The summed E-state index contributed by atoms with van der Waals surface area (Å²) in [6, 6.07) is 0. The average molecular weight is 175 g/mol. The first-order chi connectivity index (χ1) is 5.24. The van der Waals surface area contributed by atoms with E-state index in [2.05, 4.69) is 14.7 Å². The van der Waals surface area contributed by atoms with Crippen LogP contribution in [0.2, 0.25) is 0 Å². The van der Waals surface area contributed by atoms with E-state index in [0.717, 1.165) is 0 Å². The first-order valence-electron chi connectivity index (χ1n) is 3.04. The monoisotopic (exact) mass is 174 g/mol. The molecule has 11 heavy (non-hydrogen) atoms. The minimum absolute atomic E-state index is 0.322. The third-order valence-electron chi connectivity index (χ3n) is 1.20. The fraction of sp³-hybridized carbons (Fsp3) is 0.500. The van der Waals surface area contributed by atoms with Crippen molar-refractivity contribution in [3.63, 3.8) is 0 Å². The van der Waals surface area contributed by atoms with E-state index in [0.29, 0.717) is 12.1 Å². The summed E-state index contributed by atoms with van der Waals surface area (Å²) in [5.41, 5.74) is -0.347. The summed E-state index contributed by atoms with van der Waals surface area (Å²) >= 11 is 5.52. The molecule has 0 aromatic heterocycles. The number of carbonyl (C=O) groups excluding carboxylic acids is 1. The lowest BCUT2D eigenvalue weighted by Crippen LogP contribution is -2.20. The van der Waals surface area contributed by atoms with Gasteiger partial charge in [-0.05, 0) is 0 Å². The molecule has 0 aromatic carbocycles. The lowest BCUT2D eigenvalue weighted by molar-refractivity contribution is -0.132. The maximum absolute atomic E-state index is 10.8. The number of alkyl halides is 1. The number of aliphatic imine (C=N–C) groups is 2. The van der Waals surface area contributed by atoms with Crippen LogP contribution in [0.1, 0.15) is 6.42 Å². The summed E-state index contributed by atoms with van der Waals surface area (Å²) in [4.78, 5) is 18.3. The zero-order chi connectivity index (χ0) is 8.27. The molecule has 1 heterocycles. The number of rotatable bonds is 1. The van der Waals surface area contributed by atoms with E-state index in [1.54, 1.807) is 6.21 Å². The molecule has 1 aliphatic rings. The largest absolute Gasteiger partial charge is 0.465 e. The van der Waals surface area contributed by atoms with Crippen LogP contribution >= 0.6 is 11.6 Å². The van der Waals surface area contributed by atoms with Gasteiger partial charge in [-0.25, -0.2) is 9.79 Å². The third-order valence-corrected chi connectivity index (χ3v) is 1.41. The Hall–Kier alpha value is -0.900. The van der Waals surface area contributed by atoms with Gasteiger partial charge in [0.2, 0.25) is 5.62 Å². The third kappa shape index (κ3) is 2.01. The molecule has 0 saturated heterocycles. The molecule has 0 spiro atoms. The van der Waals surface area contributed by atoms with Gasteiger partial charge in [-0.2, -0.15) is 0 Å². The number of methoxy groups -OCH3 is 1. The van der Waals surface area contributed by atoms with Gasteiger partial charge in [-0.15, -0.1) is 0 Å². The van der Waals surface area contributed by atoms with E-state index in [-0.39, 0.29) is 0 Å². The van der Waals surface area contributed by atoms with Crippen molar-refractivity contribution < 1.29 is 9.53 Å². The first-order valence-corrected chi connectivity index (χ1v) is 3.48. The summed E-state index contributed by atoms with van der Waals surface area (Å²) < 4.78 is 4.45. The summed E-state index contributed by atoms with van der Waals surface area (Å²) in [6.07, 6.45) is 1.95. The number of hydrogen-bond acceptors (Lipinski definition) is 4. The number of hydrogen-bond donors (Lipinski definition) is 0. The number of esters is 1. The number of nitrogens with zero attached hydrogens (tertiary/aromatic N) is 2. The molecule has 0 saturated carbocycles. The van der Waals surface area contributed by atoms with Crippen LogP contribution in [-0.4, -0.2) is 30.6 Å². The van der Waals surface area contributed by atoms with E-state index in [9.17, 15) is 4.79 Å². The number of halogens is 1. The molecular weight excluding hydrogens is 168 g/mol. The Morgan fingerprint density at radius 2 is 2.64 bits per heavy atom. The Kier molecular flexibility index (Phi) is 2.59. The van der Waals surface area contributed by atoms with Crippen molar-refractivity contribution in [2.75, 3.05) is 7.11 Å². The predicted molar refractivity (Wildman–Crippen MR) is 42.2 cm³/mol. The van der Waals surface area contributed by atoms with E-state index in [4.69, 9.17) is 11.6 Å². The predicted octanol–water partition coefficient (Wildman–Crippen LogP) is 0.597. The Labute approximate surface area is 68.9 Å². The summed E-state index contributed by atoms with van der Waals surface area (Å²) in [5.74, 6) is -0.443. The highest BCUT2D eigenvalue weighted by Crippen LogP contribution is 2.06. The molecule has 0 aromatic rings. The van der Waals surface area contributed by atoms with Gasteiger partial charge in [0.1, 0.15) is 5.71 Å². The Balaban J connectivity index is 2.66. The minimum atomic E-state index is -0.669. The first kappa shape index (κ1) is 8.20. The van der Waals surface area contributed by atoms with Gasteiger partial charge in [0.05, 0.1) is 7.11 Å². The highest BCUT2D eigenvalue weighted by atomic mass is 35.5. The second-order valence-electron chi connectivity index (χ2n) is 1.91. The maximum atomic E-state index is 10.8. The second kappa shape index (κ2) is 3.48. The zero-order valence-corrected chi connectivity index (χ0v) is 6.71. The molecule has 0 amide bonds. The molecule has 0 bridgehead atoms. The van der Waals surface area contributed by atoms with Crippen LogP contribution in [0.3, 0.4) is 0 Å². The average Bonchev–Trinajstić information content (AvgIpc) is 2.03. The van der Waals surface area contributed by atoms with E-state index in [1.807, 2.05) is 0 Å². The van der Waals surface area contributed by atoms with Gasteiger partial charge in [0.25, 0.3) is 0 Å². The van der Waals surface area contributed by atoms with E-state index >= 15 is 0 Å². The molecule has 0 N–H and O–H groups in total. The Morgan fingerprint density at radius 1 is 1.91 bits per heavy atom. The van der Waals surface area contributed by atoms with Crippen molar-refractivity contribution in [2.24, 2.45) is 9.98 Å². The molecule has 4 nitrogen and oxygen atoms in total. The van der Waals surface area contributed by atoms with Crippen LogP contribution in [0.15, 0.2) is 9.98 Å². The quantitative estimate of drug-likeness (QED) is 0.332. The summed E-state index contributed by atoms with van der Waals surface area (Å²) in [7, 11) is 1.31. The van der Waals surface area contributed by atoms with Crippen LogP contribution in [-0.2, 0) is 9.53 Å². The van der Waals surface area contributed by atoms with Crippen molar-refractivity contribution in [3.05, 3.63) is 0 Å². The Morgan fingerprint density at radius 3 is 3.18 bits per heavy atom. The van der Waals surface area contributed by atoms with Crippen molar-refractivity contribution in [2.45, 2.75) is 12.0 Å². The highest BCUT2D eigenvalue weighted by molar-refractivity contribution is 6.40. The van der Waals surface area contributed by atoms with E-state index in [1.165, 1.54) is 7.11 Å². The summed E-state index contributed by atoms with van der Waals surface area (Å²) in [5, 5.41) is 0. The fourth-order valence-electron chi connectivity index (χ4n) is 0.695. The summed E-state index contributed by atoms with van der Waals surface area (Å²) in [6.45, 7) is 0. The zero-order valence-electron chi connectivity index (χ0n) is 5.95. The van der Waals surface area contributed by atoms with Crippen molar-refractivity contribution in [3.8, 4) is 0 Å². The SMILES string of the molecule is COC(=O)C1=NC(Cl)N=CC1. The lowest BCUT2D eigenvalue weighted by atomic mass is 10.3. The normalized spacial score (nSPS) is 22.7. The van der Waals surface area contributed by atoms with Gasteiger partial charge < -0.3 is 4.74 Å². The molecule has 1 aliphatic heterocycles. The van der Waals surface area contributed by atoms with Crippen molar-refractivity contribution in [1.29, 1.82) is 0 Å². The fourth-order valence-corrected chi connectivity index (χ4v) is 0.892. The number of carbonyl (C=O) groups is 1. The molecule has 0 radical (unpaired) electrons. The molecule has 5 heteroatoms. The molecule has 1 unspecified atom stereocenters.